The minimum Gasteiger partial charge on any atom is -0.350 e. The second-order valence-corrected chi connectivity index (χ2v) is 7.01. The average molecular weight is 390 g/mol. The minimum absolute atomic E-state index is 0.0522. The van der Waals surface area contributed by atoms with Gasteiger partial charge in [-0.2, -0.15) is 0 Å². The highest BCUT2D eigenvalue weighted by Crippen LogP contribution is 2.32. The van der Waals surface area contributed by atoms with Crippen LogP contribution in [0, 0.1) is 0 Å². The molecule has 1 N–H and O–H groups in total. The maximum Gasteiger partial charge on any atom is 0.253 e. The third kappa shape index (κ3) is 4.12. The van der Waals surface area contributed by atoms with E-state index in [2.05, 4.69) is 26.2 Å². The van der Waals surface area contributed by atoms with Gasteiger partial charge in [-0.1, -0.05) is 34.8 Å². The van der Waals surface area contributed by atoms with Crippen molar-refractivity contribution in [3.05, 3.63) is 62.7 Å². The van der Waals surface area contributed by atoms with Crippen molar-refractivity contribution in [2.75, 3.05) is 6.54 Å². The van der Waals surface area contributed by atoms with Gasteiger partial charge < -0.3 is 5.32 Å². The summed E-state index contributed by atoms with van der Waals surface area (Å²) in [6.07, 6.45) is 6.29. The monoisotopic (exact) mass is 389 g/mol. The highest BCUT2D eigenvalue weighted by molar-refractivity contribution is 9.10. The summed E-state index contributed by atoms with van der Waals surface area (Å²) < 4.78 is 2.40. The molecule has 0 radical (unpaired) electrons. The number of nitrogens with one attached hydrogen (secondary N) is 1. The van der Waals surface area contributed by atoms with Crippen LogP contribution in [-0.2, 0) is 6.54 Å². The van der Waals surface area contributed by atoms with Gasteiger partial charge in [-0.15, -0.1) is 0 Å². The SMILES string of the molecule is O=C(NCCn1cnc(C2CCCC2)cc1=O)c1cccc(Br)c1. The molecule has 126 valence electrons. The number of hydrogen-bond donors (Lipinski definition) is 1. The first-order chi connectivity index (χ1) is 11.6. The molecule has 2 aromatic rings. The van der Waals surface area contributed by atoms with Gasteiger partial charge in [0.2, 0.25) is 0 Å². The smallest absolute Gasteiger partial charge is 0.253 e. The number of amides is 1. The Hall–Kier alpha value is -1.95. The van der Waals surface area contributed by atoms with Gasteiger partial charge in [-0.3, -0.25) is 14.2 Å². The molecule has 0 bridgehead atoms. The van der Waals surface area contributed by atoms with Crippen molar-refractivity contribution in [3.8, 4) is 0 Å². The van der Waals surface area contributed by atoms with E-state index in [1.54, 1.807) is 29.1 Å². The number of benzene rings is 1. The van der Waals surface area contributed by atoms with Crippen molar-refractivity contribution in [1.82, 2.24) is 14.9 Å². The quantitative estimate of drug-likeness (QED) is 0.854. The molecule has 1 aliphatic rings. The van der Waals surface area contributed by atoms with Crippen molar-refractivity contribution in [2.45, 2.75) is 38.1 Å². The van der Waals surface area contributed by atoms with E-state index in [1.165, 1.54) is 12.8 Å². The van der Waals surface area contributed by atoms with E-state index >= 15 is 0 Å². The van der Waals surface area contributed by atoms with Gasteiger partial charge in [0.05, 0.1) is 12.0 Å². The third-order valence-electron chi connectivity index (χ3n) is 4.40. The number of carbonyl (C=O) groups excluding carboxylic acids is 1. The molecule has 1 fully saturated rings. The summed E-state index contributed by atoms with van der Waals surface area (Å²) in [6.45, 7) is 0.798. The molecule has 3 rings (SSSR count). The van der Waals surface area contributed by atoms with Gasteiger partial charge in [0.15, 0.2) is 0 Å². The van der Waals surface area contributed by atoms with Gasteiger partial charge in [0, 0.05) is 35.1 Å². The van der Waals surface area contributed by atoms with Crippen LogP contribution in [-0.4, -0.2) is 22.0 Å². The summed E-state index contributed by atoms with van der Waals surface area (Å²) in [4.78, 5) is 28.7. The Morgan fingerprint density at radius 3 is 2.79 bits per heavy atom. The van der Waals surface area contributed by atoms with E-state index in [0.717, 1.165) is 23.0 Å². The Morgan fingerprint density at radius 1 is 1.29 bits per heavy atom. The first-order valence-corrected chi connectivity index (χ1v) is 9.03. The van der Waals surface area contributed by atoms with Crippen LogP contribution in [0.15, 0.2) is 45.9 Å². The Bertz CT molecular complexity index is 782. The van der Waals surface area contributed by atoms with Gasteiger partial charge in [0.1, 0.15) is 0 Å². The fourth-order valence-corrected chi connectivity index (χ4v) is 3.47. The molecule has 24 heavy (non-hydrogen) atoms. The van der Waals surface area contributed by atoms with E-state index in [9.17, 15) is 9.59 Å². The van der Waals surface area contributed by atoms with Crippen LogP contribution < -0.4 is 10.9 Å². The standard InChI is InChI=1S/C18H20BrN3O2/c19-15-7-3-6-14(10-15)18(24)20-8-9-22-12-21-16(11-17(22)23)13-4-1-2-5-13/h3,6-7,10-13H,1-2,4-5,8-9H2,(H,20,24). The molecule has 5 nitrogen and oxygen atoms in total. The van der Waals surface area contributed by atoms with E-state index in [-0.39, 0.29) is 11.5 Å². The van der Waals surface area contributed by atoms with E-state index in [0.29, 0.717) is 24.6 Å². The summed E-state index contributed by atoms with van der Waals surface area (Å²) in [7, 11) is 0. The number of carbonyl (C=O) groups is 1. The predicted octanol–water partition coefficient (Wildman–Crippen LogP) is 3.09. The van der Waals surface area contributed by atoms with Crippen LogP contribution in [0.4, 0.5) is 0 Å². The zero-order valence-corrected chi connectivity index (χ0v) is 15.0. The summed E-state index contributed by atoms with van der Waals surface area (Å²) >= 11 is 3.35. The molecular weight excluding hydrogens is 370 g/mol. The summed E-state index contributed by atoms with van der Waals surface area (Å²) in [5, 5.41) is 2.82. The lowest BCUT2D eigenvalue weighted by Gasteiger charge is -2.11. The van der Waals surface area contributed by atoms with Crippen LogP contribution in [0.2, 0.25) is 0 Å². The largest absolute Gasteiger partial charge is 0.350 e. The zero-order chi connectivity index (χ0) is 16.9. The van der Waals surface area contributed by atoms with Crippen molar-refractivity contribution >= 4 is 21.8 Å². The maximum absolute atomic E-state index is 12.2. The second-order valence-electron chi connectivity index (χ2n) is 6.09. The first kappa shape index (κ1) is 16.9. The average Bonchev–Trinajstić information content (AvgIpc) is 3.10. The Labute approximate surface area is 149 Å². The lowest BCUT2D eigenvalue weighted by atomic mass is 10.0. The number of nitrogens with zero attached hydrogens (tertiary/aromatic N) is 2. The van der Waals surface area contributed by atoms with Crippen molar-refractivity contribution < 1.29 is 4.79 Å². The van der Waals surface area contributed by atoms with Crippen molar-refractivity contribution in [3.63, 3.8) is 0 Å². The summed E-state index contributed by atoms with van der Waals surface area (Å²) in [6, 6.07) is 8.85. The van der Waals surface area contributed by atoms with E-state index < -0.39 is 0 Å². The van der Waals surface area contributed by atoms with Gasteiger partial charge in [0.25, 0.3) is 11.5 Å². The normalized spacial score (nSPS) is 14.7. The van der Waals surface area contributed by atoms with Crippen LogP contribution in [0.3, 0.4) is 0 Å². The summed E-state index contributed by atoms with van der Waals surface area (Å²) in [5.74, 6) is 0.281. The first-order valence-electron chi connectivity index (χ1n) is 8.23. The van der Waals surface area contributed by atoms with Crippen LogP contribution in [0.25, 0.3) is 0 Å². The lowest BCUT2D eigenvalue weighted by Crippen LogP contribution is -2.31. The van der Waals surface area contributed by atoms with Gasteiger partial charge in [-0.25, -0.2) is 4.98 Å². The fraction of sp³-hybridized carbons (Fsp3) is 0.389. The molecule has 0 atom stereocenters. The molecule has 1 saturated carbocycles. The maximum atomic E-state index is 12.2. The molecule has 0 spiro atoms. The molecule has 1 aromatic heterocycles. The Kier molecular flexibility index (Phi) is 5.45. The van der Waals surface area contributed by atoms with Crippen LogP contribution >= 0.6 is 15.9 Å². The van der Waals surface area contributed by atoms with Gasteiger partial charge >= 0.3 is 0 Å². The number of aromatic nitrogens is 2. The molecule has 1 amide bonds. The molecule has 1 aliphatic carbocycles. The second kappa shape index (κ2) is 7.75. The molecule has 0 unspecified atom stereocenters. The summed E-state index contributed by atoms with van der Waals surface area (Å²) in [5.41, 5.74) is 1.45. The van der Waals surface area contributed by atoms with E-state index in [4.69, 9.17) is 0 Å². The molecule has 6 heteroatoms. The Morgan fingerprint density at radius 2 is 2.08 bits per heavy atom. The zero-order valence-electron chi connectivity index (χ0n) is 13.4. The molecular formula is C18H20BrN3O2. The molecule has 0 aliphatic heterocycles. The molecule has 0 saturated heterocycles. The Balaban J connectivity index is 1.56. The highest BCUT2D eigenvalue weighted by atomic mass is 79.9. The highest BCUT2D eigenvalue weighted by Gasteiger charge is 2.18. The minimum atomic E-state index is -0.153. The lowest BCUT2D eigenvalue weighted by molar-refractivity contribution is 0.0952. The number of rotatable bonds is 5. The number of halogens is 1. The topological polar surface area (TPSA) is 64.0 Å². The predicted molar refractivity (Wildman–Crippen MR) is 96.2 cm³/mol. The molecule has 1 aromatic carbocycles. The van der Waals surface area contributed by atoms with Crippen LogP contribution in [0.5, 0.6) is 0 Å². The van der Waals surface area contributed by atoms with Gasteiger partial charge in [-0.05, 0) is 31.0 Å². The molecule has 1 heterocycles. The van der Waals surface area contributed by atoms with Crippen molar-refractivity contribution in [2.24, 2.45) is 0 Å². The number of hydrogen-bond acceptors (Lipinski definition) is 3. The van der Waals surface area contributed by atoms with Crippen molar-refractivity contribution in [1.29, 1.82) is 0 Å². The van der Waals surface area contributed by atoms with E-state index in [1.807, 2.05) is 12.1 Å². The fourth-order valence-electron chi connectivity index (χ4n) is 3.07. The third-order valence-corrected chi connectivity index (χ3v) is 4.89. The van der Waals surface area contributed by atoms with Crippen LogP contribution in [0.1, 0.15) is 47.7 Å².